The molecule has 20 heavy (non-hydrogen) atoms. The first-order valence-corrected chi connectivity index (χ1v) is 6.55. The summed E-state index contributed by atoms with van der Waals surface area (Å²) < 4.78 is 0. The van der Waals surface area contributed by atoms with E-state index in [4.69, 9.17) is 0 Å². The second-order valence-electron chi connectivity index (χ2n) is 5.43. The first-order chi connectivity index (χ1) is 9.40. The number of rotatable bonds is 3. The van der Waals surface area contributed by atoms with Crippen LogP contribution in [0.5, 0.6) is 11.5 Å². The van der Waals surface area contributed by atoms with Crippen LogP contribution < -0.4 is 0 Å². The Balaban J connectivity index is 2.27. The van der Waals surface area contributed by atoms with Crippen LogP contribution in [0.2, 0.25) is 0 Å². The molecule has 1 amide bonds. The largest absolute Gasteiger partial charge is 0.507 e. The summed E-state index contributed by atoms with van der Waals surface area (Å²) in [5, 5.41) is 29.3. The van der Waals surface area contributed by atoms with Crippen LogP contribution >= 0.6 is 0 Å². The average molecular weight is 280 g/mol. The minimum absolute atomic E-state index is 0.106. The molecule has 110 valence electrons. The van der Waals surface area contributed by atoms with Crippen molar-refractivity contribution >= 4 is 5.91 Å². The van der Waals surface area contributed by atoms with Gasteiger partial charge in [-0.25, -0.2) is 0 Å². The molecule has 1 fully saturated rings. The van der Waals surface area contributed by atoms with Crippen molar-refractivity contribution in [2.75, 3.05) is 27.2 Å². The van der Waals surface area contributed by atoms with Gasteiger partial charge in [-0.1, -0.05) is 6.07 Å². The topological polar surface area (TPSA) is 84.2 Å². The summed E-state index contributed by atoms with van der Waals surface area (Å²) >= 11 is 0. The molecular weight excluding hydrogens is 260 g/mol. The van der Waals surface area contributed by atoms with Gasteiger partial charge in [0.05, 0.1) is 6.10 Å². The number of phenols is 2. The molecule has 2 atom stereocenters. The number of likely N-dealkylation sites (N-methyl/N-ethyl adjacent to an activating group) is 1. The minimum Gasteiger partial charge on any atom is -0.507 e. The fraction of sp³-hybridized carbons (Fsp3) is 0.500. The molecule has 1 aliphatic heterocycles. The predicted octanol–water partition coefficient (Wildman–Crippen LogP) is 0.235. The molecule has 0 aliphatic carbocycles. The van der Waals surface area contributed by atoms with Crippen molar-refractivity contribution in [3.63, 3.8) is 0 Å². The minimum atomic E-state index is -0.572. The summed E-state index contributed by atoms with van der Waals surface area (Å²) in [5.41, 5.74) is -0.106. The molecule has 0 bridgehead atoms. The summed E-state index contributed by atoms with van der Waals surface area (Å²) in [5.74, 6) is -0.955. The summed E-state index contributed by atoms with van der Waals surface area (Å²) in [4.78, 5) is 16.0. The Labute approximate surface area is 117 Å². The Morgan fingerprint density at radius 1 is 1.35 bits per heavy atom. The molecule has 0 aromatic heterocycles. The fourth-order valence-corrected chi connectivity index (χ4v) is 2.63. The van der Waals surface area contributed by atoms with Crippen LogP contribution in [-0.4, -0.2) is 70.4 Å². The van der Waals surface area contributed by atoms with Gasteiger partial charge >= 0.3 is 0 Å². The maximum Gasteiger partial charge on any atom is 0.261 e. The molecule has 6 nitrogen and oxygen atoms in total. The maximum atomic E-state index is 12.5. The van der Waals surface area contributed by atoms with Crippen molar-refractivity contribution in [1.82, 2.24) is 9.80 Å². The third-order valence-corrected chi connectivity index (χ3v) is 3.46. The van der Waals surface area contributed by atoms with Gasteiger partial charge in [-0.05, 0) is 32.6 Å². The van der Waals surface area contributed by atoms with Crippen LogP contribution in [0.15, 0.2) is 18.2 Å². The van der Waals surface area contributed by atoms with E-state index in [2.05, 4.69) is 0 Å². The average Bonchev–Trinajstić information content (AvgIpc) is 2.68. The number of hydrogen-bond donors (Lipinski definition) is 3. The molecule has 2 rings (SSSR count). The smallest absolute Gasteiger partial charge is 0.261 e. The van der Waals surface area contributed by atoms with Gasteiger partial charge in [0.15, 0.2) is 0 Å². The van der Waals surface area contributed by atoms with E-state index in [1.165, 1.54) is 23.1 Å². The highest BCUT2D eigenvalue weighted by Gasteiger charge is 2.36. The van der Waals surface area contributed by atoms with E-state index in [-0.39, 0.29) is 29.6 Å². The molecule has 1 saturated heterocycles. The number of β-amino-alcohol motifs (C(OH)–C–C–N with tert-alkyl or cyclic N) is 1. The molecule has 6 heteroatoms. The van der Waals surface area contributed by atoms with Gasteiger partial charge < -0.3 is 25.1 Å². The van der Waals surface area contributed by atoms with Gasteiger partial charge in [0.25, 0.3) is 5.91 Å². The van der Waals surface area contributed by atoms with E-state index in [1.807, 2.05) is 19.0 Å². The molecule has 0 saturated carbocycles. The van der Waals surface area contributed by atoms with Crippen molar-refractivity contribution in [1.29, 1.82) is 0 Å². The lowest BCUT2D eigenvalue weighted by atomic mass is 10.1. The van der Waals surface area contributed by atoms with Crippen molar-refractivity contribution < 1.29 is 20.1 Å². The number of amides is 1. The summed E-state index contributed by atoms with van der Waals surface area (Å²) in [6.45, 7) is 0.836. The molecule has 2 unspecified atom stereocenters. The van der Waals surface area contributed by atoms with Gasteiger partial charge in [0, 0.05) is 19.1 Å². The second-order valence-corrected chi connectivity index (χ2v) is 5.43. The normalized spacial score (nSPS) is 22.5. The number of likely N-dealkylation sites (tertiary alicyclic amines) is 1. The number of carbonyl (C=O) groups excluding carboxylic acids is 1. The van der Waals surface area contributed by atoms with Crippen LogP contribution in [0, 0.1) is 0 Å². The summed E-state index contributed by atoms with van der Waals surface area (Å²) in [7, 11) is 3.79. The Morgan fingerprint density at radius 3 is 2.50 bits per heavy atom. The fourth-order valence-electron chi connectivity index (χ4n) is 2.63. The number of hydrogen-bond acceptors (Lipinski definition) is 5. The van der Waals surface area contributed by atoms with E-state index in [0.29, 0.717) is 13.0 Å². The van der Waals surface area contributed by atoms with E-state index in [1.54, 1.807) is 0 Å². The monoisotopic (exact) mass is 280 g/mol. The highest BCUT2D eigenvalue weighted by Crippen LogP contribution is 2.30. The number of nitrogens with zero attached hydrogens (tertiary/aromatic N) is 2. The predicted molar refractivity (Wildman–Crippen MR) is 73.8 cm³/mol. The lowest BCUT2D eigenvalue weighted by molar-refractivity contribution is 0.0693. The molecule has 1 aromatic carbocycles. The van der Waals surface area contributed by atoms with Crippen molar-refractivity contribution in [3.05, 3.63) is 23.8 Å². The maximum absolute atomic E-state index is 12.5. The van der Waals surface area contributed by atoms with Gasteiger partial charge in [0.1, 0.15) is 17.1 Å². The van der Waals surface area contributed by atoms with Crippen LogP contribution in [-0.2, 0) is 0 Å². The van der Waals surface area contributed by atoms with Crippen LogP contribution in [0.1, 0.15) is 16.8 Å². The highest BCUT2D eigenvalue weighted by atomic mass is 16.3. The van der Waals surface area contributed by atoms with Crippen molar-refractivity contribution in [2.24, 2.45) is 0 Å². The standard InChI is InChI=1S/C14H20N2O4/c1-15(2)7-9-6-10(17)8-16(9)14(20)13-11(18)4-3-5-12(13)19/h3-5,9-10,17-19H,6-8H2,1-2H3. The third kappa shape index (κ3) is 2.86. The first-order valence-electron chi connectivity index (χ1n) is 6.55. The lowest BCUT2D eigenvalue weighted by Crippen LogP contribution is -2.41. The molecule has 0 radical (unpaired) electrons. The van der Waals surface area contributed by atoms with E-state index in [0.717, 1.165) is 0 Å². The quantitative estimate of drug-likeness (QED) is 0.738. The number of benzene rings is 1. The molecule has 1 aliphatic rings. The van der Waals surface area contributed by atoms with E-state index in [9.17, 15) is 20.1 Å². The number of aliphatic hydroxyl groups is 1. The lowest BCUT2D eigenvalue weighted by Gasteiger charge is -2.27. The van der Waals surface area contributed by atoms with E-state index < -0.39 is 12.0 Å². The van der Waals surface area contributed by atoms with Gasteiger partial charge in [-0.15, -0.1) is 0 Å². The SMILES string of the molecule is CN(C)CC1CC(O)CN1C(=O)c1c(O)cccc1O. The first kappa shape index (κ1) is 14.6. The number of aromatic hydroxyl groups is 2. The molecular formula is C14H20N2O4. The number of carbonyl (C=O) groups is 1. The molecule has 0 spiro atoms. The zero-order valence-corrected chi connectivity index (χ0v) is 11.7. The van der Waals surface area contributed by atoms with Gasteiger partial charge in [-0.3, -0.25) is 4.79 Å². The number of phenolic OH excluding ortho intramolecular Hbond substituents is 2. The Bertz CT molecular complexity index is 484. The van der Waals surface area contributed by atoms with Crippen LogP contribution in [0.4, 0.5) is 0 Å². The summed E-state index contributed by atoms with van der Waals surface area (Å²) in [6, 6.07) is 4.06. The Morgan fingerprint density at radius 2 is 1.95 bits per heavy atom. The van der Waals surface area contributed by atoms with Crippen molar-refractivity contribution in [2.45, 2.75) is 18.6 Å². The zero-order chi connectivity index (χ0) is 14.9. The molecule has 1 heterocycles. The Kier molecular flexibility index (Phi) is 4.15. The third-order valence-electron chi connectivity index (χ3n) is 3.46. The van der Waals surface area contributed by atoms with Crippen LogP contribution in [0.3, 0.4) is 0 Å². The summed E-state index contributed by atoms with van der Waals surface area (Å²) in [6.07, 6.45) is -0.0740. The number of aliphatic hydroxyl groups excluding tert-OH is 1. The van der Waals surface area contributed by atoms with Crippen molar-refractivity contribution in [3.8, 4) is 11.5 Å². The molecule has 1 aromatic rings. The Hall–Kier alpha value is -1.79. The zero-order valence-electron chi connectivity index (χ0n) is 11.7. The highest BCUT2D eigenvalue weighted by molar-refractivity contribution is 5.99. The van der Waals surface area contributed by atoms with E-state index >= 15 is 0 Å². The molecule has 3 N–H and O–H groups in total. The van der Waals surface area contributed by atoms with Gasteiger partial charge in [-0.2, -0.15) is 0 Å². The van der Waals surface area contributed by atoms with Crippen LogP contribution in [0.25, 0.3) is 0 Å². The second kappa shape index (κ2) is 5.68. The van der Waals surface area contributed by atoms with Gasteiger partial charge in [0.2, 0.25) is 0 Å².